The maximum atomic E-state index is 10.7. The molecule has 188 valence electrons. The molecule has 2 aliphatic heterocycles. The van der Waals surface area contributed by atoms with Crippen LogP contribution >= 0.6 is 0 Å². The van der Waals surface area contributed by atoms with Crippen molar-refractivity contribution in [3.05, 3.63) is 47.0 Å². The van der Waals surface area contributed by atoms with E-state index < -0.39 is 6.10 Å². The highest BCUT2D eigenvalue weighted by molar-refractivity contribution is 5.93. The number of aryl methyl sites for hydroxylation is 2. The van der Waals surface area contributed by atoms with Crippen LogP contribution in [0.25, 0.3) is 34.2 Å². The summed E-state index contributed by atoms with van der Waals surface area (Å²) in [7, 11) is 6.09. The molecule has 5 heterocycles. The lowest BCUT2D eigenvalue weighted by Crippen LogP contribution is -2.27. The third kappa shape index (κ3) is 3.91. The average molecular weight is 489 g/mol. The minimum atomic E-state index is -0.497. The van der Waals surface area contributed by atoms with Gasteiger partial charge in [-0.05, 0) is 50.9 Å². The molecule has 0 amide bonds. The molecule has 0 spiro atoms. The second kappa shape index (κ2) is 8.88. The lowest BCUT2D eigenvalue weighted by molar-refractivity contribution is 0.130. The van der Waals surface area contributed by atoms with Gasteiger partial charge < -0.3 is 14.7 Å². The van der Waals surface area contributed by atoms with Gasteiger partial charge in [0.2, 0.25) is 5.88 Å². The van der Waals surface area contributed by atoms with Gasteiger partial charge in [0.1, 0.15) is 6.61 Å². The van der Waals surface area contributed by atoms with E-state index in [2.05, 4.69) is 44.3 Å². The number of fused-ring (bicyclic) bond motifs is 4. The number of nitrogens with one attached hydrogen (secondary N) is 1. The Morgan fingerprint density at radius 2 is 1.97 bits per heavy atom. The first-order valence-electron chi connectivity index (χ1n) is 12.3. The molecule has 2 N–H and O–H groups in total. The number of hydrogen-bond donors (Lipinski definition) is 2. The molecule has 0 unspecified atom stereocenters. The average Bonchev–Trinajstić information content (AvgIpc) is 3.58. The number of rotatable bonds is 1. The summed E-state index contributed by atoms with van der Waals surface area (Å²) in [6.45, 7) is 5.29. The highest BCUT2D eigenvalue weighted by Gasteiger charge is 2.34. The first-order valence-corrected chi connectivity index (χ1v) is 12.3. The van der Waals surface area contributed by atoms with Crippen molar-refractivity contribution in [2.75, 3.05) is 40.3 Å². The number of aliphatic hydroxyl groups is 1. The van der Waals surface area contributed by atoms with Gasteiger partial charge in [0.25, 0.3) is 0 Å². The highest BCUT2D eigenvalue weighted by Crippen LogP contribution is 2.33. The lowest BCUT2D eigenvalue weighted by atomic mass is 10.0. The molecular weight excluding hydrogens is 456 g/mol. The number of benzene rings is 1. The number of nitrogens with zero attached hydrogens (tertiary/aromatic N) is 7. The van der Waals surface area contributed by atoms with Crippen LogP contribution in [0.2, 0.25) is 0 Å². The van der Waals surface area contributed by atoms with Crippen LogP contribution < -0.4 is 4.74 Å². The minimum absolute atomic E-state index is 0.154. The lowest BCUT2D eigenvalue weighted by Gasteiger charge is -2.21. The standard InChI is InChI=1S/C26H32N8O2/c1-16-18-6-8-22-19-11-17(5-7-21(19)28-29-22)20-12-27-33(4)23(20)13-31(2)9-10-36-26(18)34(30-16)24-14-32(3)15-25(24)35/h5-8,11-12,24-25,35H,9-10,13-15H2,1-4H3,(H,28,29)/b8-6+/t24-,25-/m0/s1. The van der Waals surface area contributed by atoms with Crippen LogP contribution in [-0.2, 0) is 13.6 Å². The SMILES string of the molecule is Cc1nn([C@H]2CN(C)C[C@@H]2O)c2c1/C=C/c1[nH]nc3ccc(cc13)-c1cnn(C)c1CN(C)CCO2. The van der Waals surface area contributed by atoms with Gasteiger partial charge in [-0.15, -0.1) is 0 Å². The number of likely N-dealkylation sites (tertiary alicyclic amines) is 1. The van der Waals surface area contributed by atoms with E-state index >= 15 is 0 Å². The Bertz CT molecular complexity index is 1450. The number of likely N-dealkylation sites (N-methyl/N-ethyl adjacent to an activating group) is 2. The Hall–Kier alpha value is -3.47. The van der Waals surface area contributed by atoms with Crippen LogP contribution in [0, 0.1) is 6.92 Å². The molecule has 0 saturated carbocycles. The Labute approximate surface area is 209 Å². The quantitative estimate of drug-likeness (QED) is 0.424. The number of ether oxygens (including phenoxy) is 1. The minimum Gasteiger partial charge on any atom is -0.476 e. The van der Waals surface area contributed by atoms with Crippen molar-refractivity contribution in [1.29, 1.82) is 0 Å². The first kappa shape index (κ1) is 23.0. The number of H-pyrrole nitrogens is 1. The normalized spacial score (nSPS) is 22.2. The van der Waals surface area contributed by atoms with Gasteiger partial charge in [-0.3, -0.25) is 14.7 Å². The second-order valence-corrected chi connectivity index (χ2v) is 10.0. The summed E-state index contributed by atoms with van der Waals surface area (Å²) in [5.41, 5.74) is 6.99. The summed E-state index contributed by atoms with van der Waals surface area (Å²) in [6, 6.07) is 6.18. The van der Waals surface area contributed by atoms with Crippen LogP contribution in [0.15, 0.2) is 24.4 Å². The number of β-amino-alcohol motifs (C(OH)–C–C–N with tert-alkyl or cyclic N) is 1. The van der Waals surface area contributed by atoms with Crippen LogP contribution in [0.3, 0.4) is 0 Å². The van der Waals surface area contributed by atoms with Crippen molar-refractivity contribution < 1.29 is 9.84 Å². The van der Waals surface area contributed by atoms with E-state index in [0.29, 0.717) is 19.0 Å². The van der Waals surface area contributed by atoms with Crippen molar-refractivity contribution in [3.8, 4) is 17.0 Å². The van der Waals surface area contributed by atoms with Gasteiger partial charge in [0.15, 0.2) is 0 Å². The predicted molar refractivity (Wildman–Crippen MR) is 139 cm³/mol. The van der Waals surface area contributed by atoms with E-state index in [1.54, 1.807) is 0 Å². The summed E-state index contributed by atoms with van der Waals surface area (Å²) in [6.07, 6.45) is 5.51. The molecule has 1 fully saturated rings. The van der Waals surface area contributed by atoms with Crippen molar-refractivity contribution in [1.82, 2.24) is 39.6 Å². The molecule has 3 aromatic heterocycles. The van der Waals surface area contributed by atoms with E-state index in [9.17, 15) is 5.11 Å². The summed E-state index contributed by atoms with van der Waals surface area (Å²) in [5, 5.41) is 28.8. The third-order valence-corrected chi connectivity index (χ3v) is 7.35. The maximum Gasteiger partial charge on any atom is 0.219 e. The first-order chi connectivity index (χ1) is 17.4. The summed E-state index contributed by atoms with van der Waals surface area (Å²) >= 11 is 0. The fourth-order valence-electron chi connectivity index (χ4n) is 5.31. The van der Waals surface area contributed by atoms with Crippen LogP contribution in [0.5, 0.6) is 5.88 Å². The predicted octanol–water partition coefficient (Wildman–Crippen LogP) is 2.31. The summed E-state index contributed by atoms with van der Waals surface area (Å²) in [5.74, 6) is 0.692. The molecule has 0 radical (unpaired) electrons. The molecule has 2 atom stereocenters. The molecular formula is C26H32N8O2. The molecule has 6 rings (SSSR count). The highest BCUT2D eigenvalue weighted by atomic mass is 16.5. The molecule has 36 heavy (non-hydrogen) atoms. The van der Waals surface area contributed by atoms with Gasteiger partial charge in [0, 0.05) is 44.2 Å². The fourth-order valence-corrected chi connectivity index (χ4v) is 5.31. The number of aliphatic hydroxyl groups excluding tert-OH is 1. The molecule has 10 nitrogen and oxygen atoms in total. The number of hydrogen-bond acceptors (Lipinski definition) is 7. The van der Waals surface area contributed by atoms with Crippen molar-refractivity contribution in [2.24, 2.45) is 7.05 Å². The Morgan fingerprint density at radius 1 is 1.11 bits per heavy atom. The monoisotopic (exact) mass is 488 g/mol. The Kier molecular flexibility index (Phi) is 5.66. The van der Waals surface area contributed by atoms with E-state index in [1.807, 2.05) is 54.8 Å². The topological polar surface area (TPSA) is 100 Å². The second-order valence-electron chi connectivity index (χ2n) is 10.0. The van der Waals surface area contributed by atoms with Crippen LogP contribution in [0.4, 0.5) is 0 Å². The van der Waals surface area contributed by atoms with E-state index in [4.69, 9.17) is 9.84 Å². The van der Waals surface area contributed by atoms with Crippen LogP contribution in [0.1, 0.15) is 28.7 Å². The third-order valence-electron chi connectivity index (χ3n) is 7.35. The summed E-state index contributed by atoms with van der Waals surface area (Å²) < 4.78 is 10.2. The molecule has 1 aromatic carbocycles. The number of aromatic amines is 1. The zero-order valence-corrected chi connectivity index (χ0v) is 21.1. The molecule has 2 aliphatic rings. The Balaban J connectivity index is 1.48. The van der Waals surface area contributed by atoms with E-state index in [0.717, 1.165) is 64.3 Å². The molecule has 1 saturated heterocycles. The van der Waals surface area contributed by atoms with Gasteiger partial charge >= 0.3 is 0 Å². The van der Waals surface area contributed by atoms with E-state index in [1.165, 1.54) is 0 Å². The fraction of sp³-hybridized carbons (Fsp3) is 0.423. The maximum absolute atomic E-state index is 10.7. The van der Waals surface area contributed by atoms with E-state index in [-0.39, 0.29) is 6.04 Å². The van der Waals surface area contributed by atoms with Crippen molar-refractivity contribution in [3.63, 3.8) is 0 Å². The van der Waals surface area contributed by atoms with Gasteiger partial charge in [-0.2, -0.15) is 15.3 Å². The van der Waals surface area contributed by atoms with Crippen LogP contribution in [-0.4, -0.2) is 91.1 Å². The zero-order chi connectivity index (χ0) is 25.0. The van der Waals surface area contributed by atoms with Gasteiger partial charge in [-0.1, -0.05) is 6.07 Å². The van der Waals surface area contributed by atoms with Crippen molar-refractivity contribution >= 4 is 23.1 Å². The van der Waals surface area contributed by atoms with Crippen molar-refractivity contribution in [2.45, 2.75) is 25.6 Å². The molecule has 10 heteroatoms. The molecule has 4 aromatic rings. The van der Waals surface area contributed by atoms with Gasteiger partial charge in [0.05, 0.1) is 46.5 Å². The largest absolute Gasteiger partial charge is 0.476 e. The molecule has 0 aliphatic carbocycles. The zero-order valence-electron chi connectivity index (χ0n) is 21.1. The Morgan fingerprint density at radius 3 is 2.78 bits per heavy atom. The number of aromatic nitrogens is 6. The van der Waals surface area contributed by atoms with Gasteiger partial charge in [-0.25, -0.2) is 4.68 Å². The summed E-state index contributed by atoms with van der Waals surface area (Å²) in [4.78, 5) is 4.36. The smallest absolute Gasteiger partial charge is 0.219 e. The molecule has 2 bridgehead atoms.